The highest BCUT2D eigenvalue weighted by molar-refractivity contribution is 7.92. The summed E-state index contributed by atoms with van der Waals surface area (Å²) in [6, 6.07) is 11.4. The molecule has 0 aliphatic heterocycles. The highest BCUT2D eigenvalue weighted by Crippen LogP contribution is 2.34. The minimum absolute atomic E-state index is 0.130. The van der Waals surface area contributed by atoms with Crippen LogP contribution >= 0.6 is 0 Å². The van der Waals surface area contributed by atoms with E-state index in [-0.39, 0.29) is 23.9 Å². The number of amides is 2. The van der Waals surface area contributed by atoms with Gasteiger partial charge in [0, 0.05) is 18.2 Å². The first kappa shape index (κ1) is 29.0. The van der Waals surface area contributed by atoms with Crippen LogP contribution in [0.25, 0.3) is 0 Å². The van der Waals surface area contributed by atoms with Crippen molar-refractivity contribution in [3.63, 3.8) is 0 Å². The summed E-state index contributed by atoms with van der Waals surface area (Å²) in [6.07, 6.45) is 1.01. The largest absolute Gasteiger partial charge is 0.497 e. The zero-order valence-corrected chi connectivity index (χ0v) is 23.1. The second-order valence-electron chi connectivity index (χ2n) is 9.73. The van der Waals surface area contributed by atoms with Gasteiger partial charge < -0.3 is 19.7 Å². The number of rotatable bonds is 10. The van der Waals surface area contributed by atoms with Crippen LogP contribution in [0, 0.1) is 6.92 Å². The number of carbonyl (C=O) groups excluding carboxylic acids is 2. The van der Waals surface area contributed by atoms with E-state index in [1.165, 1.54) is 25.2 Å². The summed E-state index contributed by atoms with van der Waals surface area (Å²) in [6.45, 7) is 8.74. The summed E-state index contributed by atoms with van der Waals surface area (Å²) in [5.74, 6) is -0.214. The van der Waals surface area contributed by atoms with E-state index in [1.54, 1.807) is 19.1 Å². The van der Waals surface area contributed by atoms with Crippen LogP contribution in [0.2, 0.25) is 0 Å². The molecule has 0 radical (unpaired) electrons. The lowest BCUT2D eigenvalue weighted by atomic mass is 10.1. The fourth-order valence-corrected chi connectivity index (χ4v) is 4.38. The molecule has 1 N–H and O–H groups in total. The monoisotopic (exact) mass is 519 g/mol. The smallest absolute Gasteiger partial charge is 0.244 e. The molecule has 0 aliphatic rings. The zero-order valence-electron chi connectivity index (χ0n) is 22.3. The van der Waals surface area contributed by atoms with Crippen LogP contribution in [0.4, 0.5) is 5.69 Å². The van der Waals surface area contributed by atoms with Crippen LogP contribution in [-0.2, 0) is 26.2 Å². The molecule has 0 bridgehead atoms. The Morgan fingerprint density at radius 3 is 2.14 bits per heavy atom. The zero-order chi connectivity index (χ0) is 27.3. The highest BCUT2D eigenvalue weighted by atomic mass is 32.2. The van der Waals surface area contributed by atoms with Crippen LogP contribution in [0.5, 0.6) is 11.5 Å². The average Bonchev–Trinajstić information content (AvgIpc) is 2.79. The molecule has 0 saturated heterocycles. The van der Waals surface area contributed by atoms with Gasteiger partial charge in [-0.25, -0.2) is 8.42 Å². The first-order chi connectivity index (χ1) is 16.7. The van der Waals surface area contributed by atoms with Crippen molar-refractivity contribution in [2.45, 2.75) is 52.7 Å². The fourth-order valence-electron chi connectivity index (χ4n) is 3.53. The minimum Gasteiger partial charge on any atom is -0.497 e. The summed E-state index contributed by atoms with van der Waals surface area (Å²) < 4.78 is 37.2. The molecule has 1 atom stereocenters. The Morgan fingerprint density at radius 2 is 1.64 bits per heavy atom. The molecule has 1 unspecified atom stereocenters. The number of carbonyl (C=O) groups is 2. The number of sulfonamides is 1. The van der Waals surface area contributed by atoms with Gasteiger partial charge in [-0.05, 0) is 52.3 Å². The van der Waals surface area contributed by atoms with E-state index in [1.807, 2.05) is 52.0 Å². The van der Waals surface area contributed by atoms with Gasteiger partial charge in [0.2, 0.25) is 21.8 Å². The molecule has 198 valence electrons. The Hall–Kier alpha value is -3.27. The van der Waals surface area contributed by atoms with Crippen LogP contribution in [0.3, 0.4) is 0 Å². The maximum atomic E-state index is 13.7. The first-order valence-corrected chi connectivity index (χ1v) is 13.4. The quantitative estimate of drug-likeness (QED) is 0.517. The van der Waals surface area contributed by atoms with Crippen molar-refractivity contribution in [2.24, 2.45) is 0 Å². The van der Waals surface area contributed by atoms with Gasteiger partial charge in [0.15, 0.2) is 0 Å². The standard InChI is InChI=1S/C26H37N3O6S/c1-18-9-11-20(12-10-18)16-28(19(2)25(31)27-26(3,4)5)24(30)17-29(36(8,32)33)22-15-21(34-6)13-14-23(22)35-7/h9-15,19H,16-17H2,1-8H3,(H,27,31). The number of methoxy groups -OCH3 is 2. The van der Waals surface area contributed by atoms with E-state index in [0.717, 1.165) is 21.7 Å². The minimum atomic E-state index is -3.91. The van der Waals surface area contributed by atoms with Gasteiger partial charge in [-0.3, -0.25) is 13.9 Å². The molecule has 0 fully saturated rings. The maximum absolute atomic E-state index is 13.7. The summed E-state index contributed by atoms with van der Waals surface area (Å²) in [5, 5.41) is 2.90. The van der Waals surface area contributed by atoms with Gasteiger partial charge >= 0.3 is 0 Å². The predicted octanol–water partition coefficient (Wildman–Crippen LogP) is 3.11. The Balaban J connectivity index is 2.49. The van der Waals surface area contributed by atoms with E-state index in [2.05, 4.69) is 5.32 Å². The third-order valence-corrected chi connectivity index (χ3v) is 6.60. The molecular formula is C26H37N3O6S. The lowest BCUT2D eigenvalue weighted by Gasteiger charge is -2.33. The van der Waals surface area contributed by atoms with Crippen LogP contribution in [-0.4, -0.2) is 63.7 Å². The average molecular weight is 520 g/mol. The van der Waals surface area contributed by atoms with Crippen molar-refractivity contribution in [2.75, 3.05) is 31.3 Å². The van der Waals surface area contributed by atoms with Gasteiger partial charge in [-0.15, -0.1) is 0 Å². The topological polar surface area (TPSA) is 105 Å². The van der Waals surface area contributed by atoms with Crippen molar-refractivity contribution in [3.8, 4) is 11.5 Å². The van der Waals surface area contributed by atoms with E-state index in [9.17, 15) is 18.0 Å². The second kappa shape index (κ2) is 11.6. The number of nitrogens with one attached hydrogen (secondary N) is 1. The predicted molar refractivity (Wildman–Crippen MR) is 141 cm³/mol. The molecule has 36 heavy (non-hydrogen) atoms. The normalized spacial score (nSPS) is 12.4. The number of hydrogen-bond donors (Lipinski definition) is 1. The number of aryl methyl sites for hydroxylation is 1. The van der Waals surface area contributed by atoms with E-state index >= 15 is 0 Å². The van der Waals surface area contributed by atoms with Crippen molar-refractivity contribution < 1.29 is 27.5 Å². The van der Waals surface area contributed by atoms with E-state index < -0.39 is 34.1 Å². The number of nitrogens with zero attached hydrogens (tertiary/aromatic N) is 2. The van der Waals surface area contributed by atoms with Gasteiger partial charge in [0.1, 0.15) is 24.1 Å². The molecule has 2 aromatic carbocycles. The maximum Gasteiger partial charge on any atom is 0.244 e. The molecule has 10 heteroatoms. The van der Waals surface area contributed by atoms with E-state index in [0.29, 0.717) is 5.75 Å². The number of benzene rings is 2. The van der Waals surface area contributed by atoms with Crippen LogP contribution in [0.1, 0.15) is 38.8 Å². The summed E-state index contributed by atoms with van der Waals surface area (Å²) >= 11 is 0. The Labute approximate surface area is 214 Å². The number of hydrogen-bond acceptors (Lipinski definition) is 6. The molecule has 0 aromatic heterocycles. The molecule has 0 heterocycles. The summed E-state index contributed by atoms with van der Waals surface area (Å²) in [7, 11) is -1.04. The van der Waals surface area contributed by atoms with Crippen LogP contribution < -0.4 is 19.1 Å². The molecule has 2 aromatic rings. The molecular weight excluding hydrogens is 482 g/mol. The van der Waals surface area contributed by atoms with Crippen molar-refractivity contribution >= 4 is 27.5 Å². The highest BCUT2D eigenvalue weighted by Gasteiger charge is 2.32. The summed E-state index contributed by atoms with van der Waals surface area (Å²) in [4.78, 5) is 28.1. The molecule has 0 saturated carbocycles. The SMILES string of the molecule is COc1ccc(OC)c(N(CC(=O)N(Cc2ccc(C)cc2)C(C)C(=O)NC(C)(C)C)S(C)(=O)=O)c1. The van der Waals surface area contributed by atoms with Gasteiger partial charge in [0.05, 0.1) is 26.2 Å². The second-order valence-corrected chi connectivity index (χ2v) is 11.6. The van der Waals surface area contributed by atoms with Gasteiger partial charge in [-0.1, -0.05) is 29.8 Å². The molecule has 0 aliphatic carbocycles. The lowest BCUT2D eigenvalue weighted by Crippen LogP contribution is -2.54. The van der Waals surface area contributed by atoms with Crippen molar-refractivity contribution in [1.82, 2.24) is 10.2 Å². The van der Waals surface area contributed by atoms with Crippen LogP contribution in [0.15, 0.2) is 42.5 Å². The van der Waals surface area contributed by atoms with Crippen molar-refractivity contribution in [3.05, 3.63) is 53.6 Å². The third kappa shape index (κ3) is 7.87. The fraction of sp³-hybridized carbons (Fsp3) is 0.462. The van der Waals surface area contributed by atoms with Crippen molar-refractivity contribution in [1.29, 1.82) is 0 Å². The third-order valence-electron chi connectivity index (χ3n) is 5.47. The lowest BCUT2D eigenvalue weighted by molar-refractivity contribution is -0.140. The Morgan fingerprint density at radius 1 is 1.03 bits per heavy atom. The summed E-state index contributed by atoms with van der Waals surface area (Å²) in [5.41, 5.74) is 1.53. The molecule has 0 spiro atoms. The number of anilines is 1. The first-order valence-electron chi connectivity index (χ1n) is 11.5. The molecule has 2 rings (SSSR count). The van der Waals surface area contributed by atoms with E-state index in [4.69, 9.17) is 9.47 Å². The Bertz CT molecular complexity index is 1170. The number of ether oxygens (including phenoxy) is 2. The van der Waals surface area contributed by atoms with Gasteiger partial charge in [-0.2, -0.15) is 0 Å². The molecule has 2 amide bonds. The molecule has 9 nitrogen and oxygen atoms in total. The Kier molecular flexibility index (Phi) is 9.37. The van der Waals surface area contributed by atoms with Gasteiger partial charge in [0.25, 0.3) is 0 Å².